The van der Waals surface area contributed by atoms with E-state index >= 15 is 0 Å². The van der Waals surface area contributed by atoms with Gasteiger partial charge < -0.3 is 9.73 Å². The van der Waals surface area contributed by atoms with Crippen molar-refractivity contribution in [1.29, 1.82) is 0 Å². The fourth-order valence-electron chi connectivity index (χ4n) is 2.19. The lowest BCUT2D eigenvalue weighted by molar-refractivity contribution is -0.117. The standard InChI is InChI=1S/C17H15N3O3S/c1-24-15-7-3-2-5-13(15)18-16(21)11-20-17(22)9-8-12(19-20)14-6-4-10-23-14/h2-10H,11H2,1H3,(H,18,21). The lowest BCUT2D eigenvalue weighted by atomic mass is 10.3. The van der Waals surface area contributed by atoms with Crippen LogP contribution in [-0.4, -0.2) is 21.9 Å². The van der Waals surface area contributed by atoms with Crippen LogP contribution in [0.15, 0.2) is 68.9 Å². The molecule has 3 rings (SSSR count). The fraction of sp³-hybridized carbons (Fsp3) is 0.118. The highest BCUT2D eigenvalue weighted by atomic mass is 32.2. The van der Waals surface area contributed by atoms with Gasteiger partial charge in [0.25, 0.3) is 5.56 Å². The molecule has 1 N–H and O–H groups in total. The minimum Gasteiger partial charge on any atom is -0.463 e. The molecule has 0 unspecified atom stereocenters. The zero-order valence-electron chi connectivity index (χ0n) is 12.9. The summed E-state index contributed by atoms with van der Waals surface area (Å²) < 4.78 is 6.38. The van der Waals surface area contributed by atoms with Crippen molar-refractivity contribution in [2.75, 3.05) is 11.6 Å². The van der Waals surface area contributed by atoms with Crippen LogP contribution in [0.5, 0.6) is 0 Å². The third kappa shape index (κ3) is 3.57. The summed E-state index contributed by atoms with van der Waals surface area (Å²) in [5.41, 5.74) is 0.862. The molecule has 2 aromatic heterocycles. The van der Waals surface area contributed by atoms with Gasteiger partial charge in [-0.25, -0.2) is 4.68 Å². The molecule has 0 fully saturated rings. The Bertz CT molecular complexity index is 903. The van der Waals surface area contributed by atoms with E-state index in [1.54, 1.807) is 18.2 Å². The first kappa shape index (κ1) is 16.1. The van der Waals surface area contributed by atoms with Crippen molar-refractivity contribution in [3.05, 3.63) is 65.1 Å². The predicted octanol–water partition coefficient (Wildman–Crippen LogP) is 2.86. The summed E-state index contributed by atoms with van der Waals surface area (Å²) >= 11 is 1.54. The molecule has 0 saturated carbocycles. The lowest BCUT2D eigenvalue weighted by Gasteiger charge is -2.10. The van der Waals surface area contributed by atoms with Gasteiger partial charge in [-0.3, -0.25) is 9.59 Å². The molecule has 0 atom stereocenters. The predicted molar refractivity (Wildman–Crippen MR) is 93.1 cm³/mol. The van der Waals surface area contributed by atoms with Crippen LogP contribution >= 0.6 is 11.8 Å². The minimum atomic E-state index is -0.349. The van der Waals surface area contributed by atoms with E-state index in [1.807, 2.05) is 30.5 Å². The number of benzene rings is 1. The molecule has 24 heavy (non-hydrogen) atoms. The summed E-state index contributed by atoms with van der Waals surface area (Å²) in [5.74, 6) is 0.222. The molecule has 0 spiro atoms. The van der Waals surface area contributed by atoms with Crippen LogP contribution in [0.2, 0.25) is 0 Å². The molecule has 3 aromatic rings. The number of rotatable bonds is 5. The Labute approximate surface area is 142 Å². The number of furan rings is 1. The zero-order valence-corrected chi connectivity index (χ0v) is 13.7. The molecule has 0 radical (unpaired) electrons. The minimum absolute atomic E-state index is 0.171. The maximum absolute atomic E-state index is 12.3. The number of nitrogens with zero attached hydrogens (tertiary/aromatic N) is 2. The Morgan fingerprint density at radius 2 is 2.04 bits per heavy atom. The average molecular weight is 341 g/mol. The van der Waals surface area contributed by atoms with E-state index in [-0.39, 0.29) is 18.0 Å². The number of hydrogen-bond donors (Lipinski definition) is 1. The molecule has 0 aliphatic rings. The van der Waals surface area contributed by atoms with E-state index in [2.05, 4.69) is 10.4 Å². The van der Waals surface area contributed by atoms with E-state index in [1.165, 1.54) is 24.1 Å². The molecule has 6 nitrogen and oxygen atoms in total. The monoisotopic (exact) mass is 341 g/mol. The quantitative estimate of drug-likeness (QED) is 0.722. The van der Waals surface area contributed by atoms with E-state index in [0.29, 0.717) is 17.1 Å². The Kier molecular flexibility index (Phi) is 4.81. The molecule has 122 valence electrons. The third-order valence-electron chi connectivity index (χ3n) is 3.31. The van der Waals surface area contributed by atoms with Gasteiger partial charge in [0.1, 0.15) is 12.2 Å². The Morgan fingerprint density at radius 3 is 2.79 bits per heavy atom. The Hall–Kier alpha value is -2.80. The number of anilines is 1. The molecule has 1 aromatic carbocycles. The maximum atomic E-state index is 12.3. The van der Waals surface area contributed by atoms with Gasteiger partial charge in [0.15, 0.2) is 5.76 Å². The zero-order chi connectivity index (χ0) is 16.9. The summed E-state index contributed by atoms with van der Waals surface area (Å²) in [4.78, 5) is 25.1. The van der Waals surface area contributed by atoms with E-state index < -0.39 is 0 Å². The number of carbonyl (C=O) groups is 1. The van der Waals surface area contributed by atoms with Gasteiger partial charge in [0.05, 0.1) is 12.0 Å². The highest BCUT2D eigenvalue weighted by molar-refractivity contribution is 7.98. The van der Waals surface area contributed by atoms with Crippen molar-refractivity contribution in [3.8, 4) is 11.5 Å². The van der Waals surface area contributed by atoms with E-state index in [9.17, 15) is 9.59 Å². The summed E-state index contributed by atoms with van der Waals surface area (Å²) in [5, 5.41) is 6.99. The van der Waals surface area contributed by atoms with Crippen molar-refractivity contribution in [1.82, 2.24) is 9.78 Å². The van der Waals surface area contributed by atoms with Crippen LogP contribution in [0.25, 0.3) is 11.5 Å². The molecule has 0 saturated heterocycles. The first-order valence-electron chi connectivity index (χ1n) is 7.22. The summed E-state index contributed by atoms with van der Waals surface area (Å²) in [7, 11) is 0. The lowest BCUT2D eigenvalue weighted by Crippen LogP contribution is -2.29. The van der Waals surface area contributed by atoms with Crippen LogP contribution in [0.1, 0.15) is 0 Å². The third-order valence-corrected chi connectivity index (χ3v) is 4.11. The van der Waals surface area contributed by atoms with Gasteiger partial charge in [-0.05, 0) is 36.6 Å². The first-order valence-corrected chi connectivity index (χ1v) is 8.45. The number of nitrogens with one attached hydrogen (secondary N) is 1. The van der Waals surface area contributed by atoms with Gasteiger partial charge in [-0.2, -0.15) is 5.10 Å². The average Bonchev–Trinajstić information content (AvgIpc) is 3.12. The molecule has 0 aliphatic heterocycles. The number of aromatic nitrogens is 2. The fourth-order valence-corrected chi connectivity index (χ4v) is 2.75. The van der Waals surface area contributed by atoms with Gasteiger partial charge >= 0.3 is 0 Å². The van der Waals surface area contributed by atoms with Gasteiger partial charge in [0.2, 0.25) is 5.91 Å². The van der Waals surface area contributed by atoms with Crippen LogP contribution < -0.4 is 10.9 Å². The summed E-state index contributed by atoms with van der Waals surface area (Å²) in [6.45, 7) is -0.171. The smallest absolute Gasteiger partial charge is 0.267 e. The maximum Gasteiger partial charge on any atom is 0.267 e. The normalized spacial score (nSPS) is 10.5. The largest absolute Gasteiger partial charge is 0.463 e. The highest BCUT2D eigenvalue weighted by Gasteiger charge is 2.11. The van der Waals surface area contributed by atoms with Gasteiger partial charge in [-0.15, -0.1) is 11.8 Å². The molecular weight excluding hydrogens is 326 g/mol. The second kappa shape index (κ2) is 7.18. The number of thioether (sulfide) groups is 1. The van der Waals surface area contributed by atoms with E-state index in [0.717, 1.165) is 9.58 Å². The Morgan fingerprint density at radius 1 is 1.21 bits per heavy atom. The Balaban J connectivity index is 1.79. The SMILES string of the molecule is CSc1ccccc1NC(=O)Cn1nc(-c2ccco2)ccc1=O. The number of hydrogen-bond acceptors (Lipinski definition) is 5. The van der Waals surface area contributed by atoms with Crippen LogP contribution in [0.3, 0.4) is 0 Å². The van der Waals surface area contributed by atoms with Crippen molar-refractivity contribution >= 4 is 23.4 Å². The van der Waals surface area contributed by atoms with Crippen molar-refractivity contribution in [2.45, 2.75) is 11.4 Å². The van der Waals surface area contributed by atoms with E-state index in [4.69, 9.17) is 4.42 Å². The first-order chi connectivity index (χ1) is 11.7. The van der Waals surface area contributed by atoms with Crippen LogP contribution in [-0.2, 0) is 11.3 Å². The molecule has 7 heteroatoms. The number of amides is 1. The molecule has 0 aliphatic carbocycles. The van der Waals surface area contributed by atoms with Crippen LogP contribution in [0.4, 0.5) is 5.69 Å². The summed E-state index contributed by atoms with van der Waals surface area (Å²) in [6.07, 6.45) is 3.46. The number of para-hydroxylation sites is 1. The molecule has 2 heterocycles. The number of carbonyl (C=O) groups excluding carboxylic acids is 1. The molecule has 0 bridgehead atoms. The summed E-state index contributed by atoms with van der Waals surface area (Å²) in [6, 6.07) is 13.9. The van der Waals surface area contributed by atoms with Crippen molar-refractivity contribution in [3.63, 3.8) is 0 Å². The second-order valence-corrected chi connectivity index (χ2v) is 5.79. The van der Waals surface area contributed by atoms with Crippen molar-refractivity contribution in [2.24, 2.45) is 0 Å². The van der Waals surface area contributed by atoms with Crippen molar-refractivity contribution < 1.29 is 9.21 Å². The molecule has 1 amide bonds. The molecular formula is C17H15N3O3S. The van der Waals surface area contributed by atoms with Gasteiger partial charge in [-0.1, -0.05) is 12.1 Å². The second-order valence-electron chi connectivity index (χ2n) is 4.94. The topological polar surface area (TPSA) is 77.1 Å². The highest BCUT2D eigenvalue weighted by Crippen LogP contribution is 2.24. The van der Waals surface area contributed by atoms with Crippen LogP contribution in [0, 0.1) is 0 Å². The van der Waals surface area contributed by atoms with Gasteiger partial charge in [0, 0.05) is 11.0 Å².